The highest BCUT2D eigenvalue weighted by atomic mass is 16.1. The van der Waals surface area contributed by atoms with Crippen LogP contribution in [0.15, 0.2) is 0 Å². The molecule has 2 aliphatic rings. The average molecular weight is 181 g/mol. The van der Waals surface area contributed by atoms with Crippen LogP contribution in [0, 0.1) is 5.92 Å². The maximum Gasteiger partial charge on any atom is 0.217 e. The van der Waals surface area contributed by atoms with Gasteiger partial charge in [-0.2, -0.15) is 0 Å². The molecule has 0 aromatic heterocycles. The number of fused-ring (bicyclic) bond motifs is 2. The minimum absolute atomic E-state index is 0.155. The summed E-state index contributed by atoms with van der Waals surface area (Å²) in [5.41, 5.74) is 0.201. The first-order chi connectivity index (χ1) is 6.20. The third-order valence-corrected chi connectivity index (χ3v) is 3.66. The van der Waals surface area contributed by atoms with Crippen molar-refractivity contribution in [2.24, 2.45) is 5.92 Å². The molecule has 0 aromatic rings. The quantitative estimate of drug-likeness (QED) is 0.660. The van der Waals surface area contributed by atoms with E-state index in [1.807, 2.05) is 0 Å². The van der Waals surface area contributed by atoms with Crippen molar-refractivity contribution in [2.45, 2.75) is 57.4 Å². The average Bonchev–Trinajstić information content (AvgIpc) is 2.02. The lowest BCUT2D eigenvalue weighted by Crippen LogP contribution is -2.52. The molecule has 0 heterocycles. The van der Waals surface area contributed by atoms with Gasteiger partial charge < -0.3 is 5.32 Å². The molecule has 2 aliphatic carbocycles. The molecular weight excluding hydrogens is 162 g/mol. The monoisotopic (exact) mass is 181 g/mol. The fourth-order valence-corrected chi connectivity index (χ4v) is 3.24. The molecule has 0 unspecified atom stereocenters. The molecule has 0 spiro atoms. The number of carbonyl (C=O) groups excluding carboxylic acids is 1. The van der Waals surface area contributed by atoms with Crippen molar-refractivity contribution in [1.29, 1.82) is 0 Å². The van der Waals surface area contributed by atoms with E-state index in [-0.39, 0.29) is 11.4 Å². The van der Waals surface area contributed by atoms with E-state index in [1.165, 1.54) is 44.9 Å². The van der Waals surface area contributed by atoms with Gasteiger partial charge in [-0.05, 0) is 25.2 Å². The molecule has 2 nitrogen and oxygen atoms in total. The van der Waals surface area contributed by atoms with Crippen LogP contribution < -0.4 is 5.32 Å². The van der Waals surface area contributed by atoms with Gasteiger partial charge in [-0.25, -0.2) is 0 Å². The van der Waals surface area contributed by atoms with E-state index in [2.05, 4.69) is 5.32 Å². The molecule has 0 aromatic carbocycles. The van der Waals surface area contributed by atoms with E-state index in [4.69, 9.17) is 0 Å². The van der Waals surface area contributed by atoms with Crippen molar-refractivity contribution in [3.63, 3.8) is 0 Å². The molecule has 2 bridgehead atoms. The summed E-state index contributed by atoms with van der Waals surface area (Å²) in [6, 6.07) is 0. The van der Waals surface area contributed by atoms with Crippen LogP contribution in [0.3, 0.4) is 0 Å². The van der Waals surface area contributed by atoms with Crippen molar-refractivity contribution in [3.05, 3.63) is 0 Å². The summed E-state index contributed by atoms with van der Waals surface area (Å²) in [5, 5.41) is 3.19. The molecule has 0 radical (unpaired) electrons. The summed E-state index contributed by atoms with van der Waals surface area (Å²) < 4.78 is 0. The summed E-state index contributed by atoms with van der Waals surface area (Å²) in [5.74, 6) is 1.05. The molecule has 2 fully saturated rings. The van der Waals surface area contributed by atoms with Crippen LogP contribution >= 0.6 is 0 Å². The number of nitrogens with one attached hydrogen (secondary N) is 1. The Bertz CT molecular complexity index is 202. The zero-order chi connectivity index (χ0) is 9.31. The SMILES string of the molecule is CC(=O)NC12CCCC(CCC1)C2. The Labute approximate surface area is 80.1 Å². The summed E-state index contributed by atoms with van der Waals surface area (Å²) in [6.45, 7) is 1.65. The van der Waals surface area contributed by atoms with Crippen LogP contribution in [0.4, 0.5) is 0 Å². The van der Waals surface area contributed by atoms with Crippen molar-refractivity contribution >= 4 is 5.91 Å². The first-order valence-corrected chi connectivity index (χ1v) is 5.49. The van der Waals surface area contributed by atoms with Gasteiger partial charge in [0.2, 0.25) is 5.91 Å². The second-order valence-electron chi connectivity index (χ2n) is 4.82. The smallest absolute Gasteiger partial charge is 0.217 e. The zero-order valence-corrected chi connectivity index (χ0v) is 8.44. The molecular formula is C11H19NO. The molecule has 2 heteroatoms. The third-order valence-electron chi connectivity index (χ3n) is 3.66. The van der Waals surface area contributed by atoms with Crippen molar-refractivity contribution in [1.82, 2.24) is 5.32 Å². The maximum atomic E-state index is 11.1. The van der Waals surface area contributed by atoms with Gasteiger partial charge in [-0.3, -0.25) is 4.79 Å². The highest BCUT2D eigenvalue weighted by Gasteiger charge is 2.39. The summed E-state index contributed by atoms with van der Waals surface area (Å²) in [7, 11) is 0. The second kappa shape index (κ2) is 3.32. The molecule has 13 heavy (non-hydrogen) atoms. The predicted molar refractivity (Wildman–Crippen MR) is 52.4 cm³/mol. The number of carbonyl (C=O) groups is 1. The minimum atomic E-state index is 0.155. The Hall–Kier alpha value is -0.530. The van der Waals surface area contributed by atoms with Crippen LogP contribution in [-0.2, 0) is 4.79 Å². The van der Waals surface area contributed by atoms with Crippen molar-refractivity contribution < 1.29 is 4.79 Å². The standard InChI is InChI=1S/C11H19NO/c1-9(13)12-11-6-2-4-10(8-11)5-3-7-11/h10H,2-8H2,1H3,(H,12,13). The van der Waals surface area contributed by atoms with Gasteiger partial charge in [0.05, 0.1) is 0 Å². The zero-order valence-electron chi connectivity index (χ0n) is 8.44. The van der Waals surface area contributed by atoms with Gasteiger partial charge in [-0.15, -0.1) is 0 Å². The first-order valence-electron chi connectivity index (χ1n) is 5.49. The largest absolute Gasteiger partial charge is 0.351 e. The Morgan fingerprint density at radius 2 is 1.92 bits per heavy atom. The van der Waals surface area contributed by atoms with Crippen LogP contribution in [0.1, 0.15) is 51.9 Å². The molecule has 0 atom stereocenters. The summed E-state index contributed by atoms with van der Waals surface area (Å²) >= 11 is 0. The van der Waals surface area contributed by atoms with Gasteiger partial charge in [0.15, 0.2) is 0 Å². The number of hydrogen-bond acceptors (Lipinski definition) is 1. The number of hydrogen-bond donors (Lipinski definition) is 1. The van der Waals surface area contributed by atoms with E-state index in [0.29, 0.717) is 0 Å². The summed E-state index contributed by atoms with van der Waals surface area (Å²) in [4.78, 5) is 11.1. The molecule has 1 amide bonds. The normalized spacial score (nSPS) is 38.4. The van der Waals surface area contributed by atoms with Crippen molar-refractivity contribution in [2.75, 3.05) is 0 Å². The van der Waals surface area contributed by atoms with E-state index in [1.54, 1.807) is 6.92 Å². The van der Waals surface area contributed by atoms with Gasteiger partial charge in [0.1, 0.15) is 0 Å². The van der Waals surface area contributed by atoms with Crippen LogP contribution in [0.5, 0.6) is 0 Å². The maximum absolute atomic E-state index is 11.1. The Balaban J connectivity index is 2.05. The molecule has 2 rings (SSSR count). The van der Waals surface area contributed by atoms with Crippen LogP contribution in [0.2, 0.25) is 0 Å². The highest BCUT2D eigenvalue weighted by molar-refractivity contribution is 5.73. The molecule has 0 saturated heterocycles. The number of amides is 1. The minimum Gasteiger partial charge on any atom is -0.351 e. The first kappa shape index (κ1) is 9.04. The van der Waals surface area contributed by atoms with Gasteiger partial charge >= 0.3 is 0 Å². The lowest BCUT2D eigenvalue weighted by Gasteiger charge is -2.45. The lowest BCUT2D eigenvalue weighted by atomic mass is 9.67. The van der Waals surface area contributed by atoms with E-state index in [0.717, 1.165) is 5.92 Å². The molecule has 1 N–H and O–H groups in total. The Morgan fingerprint density at radius 3 is 2.46 bits per heavy atom. The van der Waals surface area contributed by atoms with E-state index in [9.17, 15) is 4.79 Å². The molecule has 74 valence electrons. The van der Waals surface area contributed by atoms with Gasteiger partial charge in [0, 0.05) is 12.5 Å². The highest BCUT2D eigenvalue weighted by Crippen LogP contribution is 2.42. The molecule has 0 aliphatic heterocycles. The lowest BCUT2D eigenvalue weighted by molar-refractivity contribution is -0.122. The molecule has 2 saturated carbocycles. The van der Waals surface area contributed by atoms with Crippen molar-refractivity contribution in [3.8, 4) is 0 Å². The second-order valence-corrected chi connectivity index (χ2v) is 4.82. The Kier molecular flexibility index (Phi) is 2.31. The Morgan fingerprint density at radius 1 is 1.31 bits per heavy atom. The van der Waals surface area contributed by atoms with E-state index >= 15 is 0 Å². The predicted octanol–water partition coefficient (Wildman–Crippen LogP) is 2.24. The fraction of sp³-hybridized carbons (Fsp3) is 0.909. The number of rotatable bonds is 1. The summed E-state index contributed by atoms with van der Waals surface area (Å²) in [6.07, 6.45) is 9.07. The van der Waals surface area contributed by atoms with Crippen LogP contribution in [0.25, 0.3) is 0 Å². The van der Waals surface area contributed by atoms with Crippen LogP contribution in [-0.4, -0.2) is 11.4 Å². The van der Waals surface area contributed by atoms with Gasteiger partial charge in [0.25, 0.3) is 0 Å². The van der Waals surface area contributed by atoms with E-state index < -0.39 is 0 Å². The third kappa shape index (κ3) is 1.87. The fourth-order valence-electron chi connectivity index (χ4n) is 3.24. The topological polar surface area (TPSA) is 29.1 Å². The van der Waals surface area contributed by atoms with Gasteiger partial charge in [-0.1, -0.05) is 25.7 Å².